The van der Waals surface area contributed by atoms with Crippen LogP contribution in [0.3, 0.4) is 0 Å². The summed E-state index contributed by atoms with van der Waals surface area (Å²) in [6.45, 7) is 7.91. The number of rotatable bonds is 6. The van der Waals surface area contributed by atoms with Crippen LogP contribution in [-0.4, -0.2) is 96.3 Å². The standard InChI is InChI=1S/C19H26N8O2/c28-18(20-4-5-25-10-12-29-13-11-25)16-14-17(24-15-23-16)26-6-8-27(9-7-26)19-21-2-1-3-22-19/h1-3,14-15H,4-13H2,(H,20,28). The predicted molar refractivity (Wildman–Crippen MR) is 108 cm³/mol. The first-order chi connectivity index (χ1) is 14.3. The van der Waals surface area contributed by atoms with Crippen LogP contribution < -0.4 is 15.1 Å². The van der Waals surface area contributed by atoms with Crippen LogP contribution in [0.1, 0.15) is 10.5 Å². The molecule has 0 atom stereocenters. The number of ether oxygens (including phenoxy) is 1. The van der Waals surface area contributed by atoms with Gasteiger partial charge in [0, 0.05) is 70.8 Å². The summed E-state index contributed by atoms with van der Waals surface area (Å²) in [4.78, 5) is 36.2. The molecule has 29 heavy (non-hydrogen) atoms. The molecule has 4 rings (SSSR count). The van der Waals surface area contributed by atoms with E-state index in [1.165, 1.54) is 6.33 Å². The van der Waals surface area contributed by atoms with Crippen molar-refractivity contribution in [3.63, 3.8) is 0 Å². The third-order valence-electron chi connectivity index (χ3n) is 5.14. The summed E-state index contributed by atoms with van der Waals surface area (Å²) >= 11 is 0. The lowest BCUT2D eigenvalue weighted by Gasteiger charge is -2.35. The second-order valence-corrected chi connectivity index (χ2v) is 6.99. The SMILES string of the molecule is O=C(NCCN1CCOCC1)c1cc(N2CCN(c3ncccn3)CC2)ncn1. The minimum absolute atomic E-state index is 0.168. The number of piperazine rings is 1. The lowest BCUT2D eigenvalue weighted by Crippen LogP contribution is -2.47. The van der Waals surface area contributed by atoms with Crippen molar-refractivity contribution in [2.24, 2.45) is 0 Å². The number of anilines is 2. The van der Waals surface area contributed by atoms with Gasteiger partial charge in [0.15, 0.2) is 0 Å². The highest BCUT2D eigenvalue weighted by Gasteiger charge is 2.21. The maximum Gasteiger partial charge on any atom is 0.270 e. The third-order valence-corrected chi connectivity index (χ3v) is 5.14. The lowest BCUT2D eigenvalue weighted by molar-refractivity contribution is 0.0383. The Hall–Kier alpha value is -2.85. The molecule has 2 aromatic rings. The first kappa shape index (κ1) is 19.5. The average molecular weight is 398 g/mol. The molecule has 4 heterocycles. The molecule has 0 bridgehead atoms. The van der Waals surface area contributed by atoms with Crippen molar-refractivity contribution in [1.29, 1.82) is 0 Å². The summed E-state index contributed by atoms with van der Waals surface area (Å²) in [6, 6.07) is 3.58. The van der Waals surface area contributed by atoms with Crippen LogP contribution in [0.25, 0.3) is 0 Å². The Morgan fingerprint density at radius 1 is 0.966 bits per heavy atom. The van der Waals surface area contributed by atoms with Crippen LogP contribution in [0.4, 0.5) is 11.8 Å². The van der Waals surface area contributed by atoms with E-state index < -0.39 is 0 Å². The summed E-state index contributed by atoms with van der Waals surface area (Å²) in [5.41, 5.74) is 0.394. The fourth-order valence-corrected chi connectivity index (χ4v) is 3.48. The molecule has 1 amide bonds. The number of hydrogen-bond donors (Lipinski definition) is 1. The Kier molecular flexibility index (Phi) is 6.42. The van der Waals surface area contributed by atoms with Gasteiger partial charge < -0.3 is 19.9 Å². The molecule has 0 radical (unpaired) electrons. The van der Waals surface area contributed by atoms with Crippen molar-refractivity contribution in [3.8, 4) is 0 Å². The van der Waals surface area contributed by atoms with Crippen LogP contribution in [0.15, 0.2) is 30.9 Å². The van der Waals surface area contributed by atoms with Gasteiger partial charge in [-0.05, 0) is 6.07 Å². The second-order valence-electron chi connectivity index (χ2n) is 6.99. The average Bonchev–Trinajstić information content (AvgIpc) is 2.80. The number of carbonyl (C=O) groups is 1. The van der Waals surface area contributed by atoms with E-state index in [0.717, 1.165) is 70.8 Å². The van der Waals surface area contributed by atoms with Crippen molar-refractivity contribution in [3.05, 3.63) is 36.5 Å². The van der Waals surface area contributed by atoms with Crippen molar-refractivity contribution in [2.75, 3.05) is 75.4 Å². The smallest absolute Gasteiger partial charge is 0.270 e. The Bertz CT molecular complexity index is 792. The highest BCUT2D eigenvalue weighted by molar-refractivity contribution is 5.92. The molecule has 2 saturated heterocycles. The summed E-state index contributed by atoms with van der Waals surface area (Å²) in [5.74, 6) is 1.35. The Morgan fingerprint density at radius 3 is 2.45 bits per heavy atom. The number of hydrogen-bond acceptors (Lipinski definition) is 9. The van der Waals surface area contributed by atoms with E-state index in [9.17, 15) is 4.79 Å². The zero-order valence-corrected chi connectivity index (χ0v) is 16.4. The number of nitrogens with zero attached hydrogens (tertiary/aromatic N) is 7. The lowest BCUT2D eigenvalue weighted by atomic mass is 10.3. The summed E-state index contributed by atoms with van der Waals surface area (Å²) < 4.78 is 5.34. The fourth-order valence-electron chi connectivity index (χ4n) is 3.48. The minimum Gasteiger partial charge on any atom is -0.379 e. The Morgan fingerprint density at radius 2 is 1.69 bits per heavy atom. The van der Waals surface area contributed by atoms with E-state index in [0.29, 0.717) is 12.2 Å². The van der Waals surface area contributed by atoms with Crippen LogP contribution in [-0.2, 0) is 4.74 Å². The van der Waals surface area contributed by atoms with Gasteiger partial charge in [0.1, 0.15) is 17.8 Å². The highest BCUT2D eigenvalue weighted by atomic mass is 16.5. The Balaban J connectivity index is 1.28. The molecule has 0 unspecified atom stereocenters. The number of aromatic nitrogens is 4. The van der Waals surface area contributed by atoms with E-state index in [1.807, 2.05) is 6.07 Å². The zero-order chi connectivity index (χ0) is 19.9. The van der Waals surface area contributed by atoms with Gasteiger partial charge in [-0.3, -0.25) is 9.69 Å². The van der Waals surface area contributed by atoms with Crippen LogP contribution in [0, 0.1) is 0 Å². The second kappa shape index (κ2) is 9.57. The van der Waals surface area contributed by atoms with Crippen LogP contribution >= 0.6 is 0 Å². The van der Waals surface area contributed by atoms with Gasteiger partial charge >= 0.3 is 0 Å². The van der Waals surface area contributed by atoms with E-state index in [1.54, 1.807) is 18.5 Å². The quantitative estimate of drug-likeness (QED) is 0.700. The molecule has 10 nitrogen and oxygen atoms in total. The normalized spacial score (nSPS) is 17.9. The number of nitrogens with one attached hydrogen (secondary N) is 1. The summed E-state index contributed by atoms with van der Waals surface area (Å²) in [7, 11) is 0. The number of morpholine rings is 1. The topological polar surface area (TPSA) is 99.6 Å². The third kappa shape index (κ3) is 5.15. The maximum absolute atomic E-state index is 12.5. The molecular formula is C19H26N8O2. The van der Waals surface area contributed by atoms with Gasteiger partial charge in [-0.25, -0.2) is 19.9 Å². The van der Waals surface area contributed by atoms with Crippen LogP contribution in [0.5, 0.6) is 0 Å². The van der Waals surface area contributed by atoms with E-state index in [2.05, 4.69) is 40.0 Å². The van der Waals surface area contributed by atoms with E-state index >= 15 is 0 Å². The van der Waals surface area contributed by atoms with Gasteiger partial charge in [-0.15, -0.1) is 0 Å². The monoisotopic (exact) mass is 398 g/mol. The molecule has 1 N–H and O–H groups in total. The summed E-state index contributed by atoms with van der Waals surface area (Å²) in [6.07, 6.45) is 4.96. The van der Waals surface area contributed by atoms with Gasteiger partial charge in [-0.1, -0.05) is 0 Å². The highest BCUT2D eigenvalue weighted by Crippen LogP contribution is 2.16. The molecule has 0 aliphatic carbocycles. The zero-order valence-electron chi connectivity index (χ0n) is 16.4. The van der Waals surface area contributed by atoms with E-state index in [-0.39, 0.29) is 5.91 Å². The first-order valence-corrected chi connectivity index (χ1v) is 9.97. The molecule has 0 aromatic carbocycles. The molecule has 2 aromatic heterocycles. The Labute approximate surface area is 169 Å². The van der Waals surface area contributed by atoms with Crippen LogP contribution in [0.2, 0.25) is 0 Å². The molecule has 2 fully saturated rings. The van der Waals surface area contributed by atoms with Gasteiger partial charge in [0.05, 0.1) is 13.2 Å². The first-order valence-electron chi connectivity index (χ1n) is 9.97. The number of amides is 1. The summed E-state index contributed by atoms with van der Waals surface area (Å²) in [5, 5.41) is 2.95. The molecule has 2 aliphatic rings. The van der Waals surface area contributed by atoms with Crippen molar-refractivity contribution >= 4 is 17.7 Å². The largest absolute Gasteiger partial charge is 0.379 e. The van der Waals surface area contributed by atoms with E-state index in [4.69, 9.17) is 4.74 Å². The van der Waals surface area contributed by atoms with Crippen molar-refractivity contribution in [1.82, 2.24) is 30.2 Å². The molecule has 10 heteroatoms. The molecule has 154 valence electrons. The minimum atomic E-state index is -0.168. The number of carbonyl (C=O) groups excluding carboxylic acids is 1. The predicted octanol–water partition coefficient (Wildman–Crippen LogP) is -0.345. The molecule has 0 saturated carbocycles. The maximum atomic E-state index is 12.5. The van der Waals surface area contributed by atoms with Crippen molar-refractivity contribution < 1.29 is 9.53 Å². The van der Waals surface area contributed by atoms with Gasteiger partial charge in [0.25, 0.3) is 5.91 Å². The molecular weight excluding hydrogens is 372 g/mol. The van der Waals surface area contributed by atoms with Crippen molar-refractivity contribution in [2.45, 2.75) is 0 Å². The van der Waals surface area contributed by atoms with Gasteiger partial charge in [-0.2, -0.15) is 0 Å². The van der Waals surface area contributed by atoms with Gasteiger partial charge in [0.2, 0.25) is 5.95 Å². The molecule has 2 aliphatic heterocycles. The molecule has 0 spiro atoms. The fraction of sp³-hybridized carbons (Fsp3) is 0.526.